The van der Waals surface area contributed by atoms with Gasteiger partial charge in [0.2, 0.25) is 0 Å². The van der Waals surface area contributed by atoms with Gasteiger partial charge < -0.3 is 14.5 Å². The number of hydrogen-bond acceptors (Lipinski definition) is 6. The largest absolute Gasteiger partial charge is 0.443 e. The van der Waals surface area contributed by atoms with Crippen LogP contribution in [0.15, 0.2) is 28.5 Å². The summed E-state index contributed by atoms with van der Waals surface area (Å²) in [6, 6.07) is 6.74. The van der Waals surface area contributed by atoms with Gasteiger partial charge in [-0.15, -0.1) is 11.3 Å². The molecule has 0 aliphatic heterocycles. The molecule has 0 spiro atoms. The highest BCUT2D eigenvalue weighted by atomic mass is 79.9. The Morgan fingerprint density at radius 1 is 1.30 bits per heavy atom. The molecule has 0 bridgehead atoms. The van der Waals surface area contributed by atoms with Gasteiger partial charge in [-0.3, -0.25) is 4.57 Å². The van der Waals surface area contributed by atoms with Crippen LogP contribution in [-0.2, 0) is 24.7 Å². The molecule has 0 fully saturated rings. The molecule has 0 aliphatic carbocycles. The molecular formula is C15H19BrNO7PS2. The normalized spacial score (nSPS) is 13.0. The van der Waals surface area contributed by atoms with Crippen molar-refractivity contribution in [3.63, 3.8) is 0 Å². The van der Waals surface area contributed by atoms with Crippen LogP contribution in [0.2, 0.25) is 0 Å². The SMILES string of the molecule is CC(C)(C)OC(=O)N(CP(=O)(O)O)S(=O)(=O)c1cc2cc(CBr)ccc2s1. The maximum absolute atomic E-state index is 12.9. The molecule has 1 heterocycles. The molecule has 12 heteroatoms. The van der Waals surface area contributed by atoms with Crippen LogP contribution in [0.25, 0.3) is 10.1 Å². The first-order valence-electron chi connectivity index (χ1n) is 7.62. The van der Waals surface area contributed by atoms with Gasteiger partial charge in [-0.05, 0) is 49.9 Å². The number of carbonyl (C=O) groups is 1. The van der Waals surface area contributed by atoms with Crippen molar-refractivity contribution in [1.29, 1.82) is 0 Å². The number of sulfonamides is 1. The molecule has 2 aromatic rings. The number of benzene rings is 1. The third-order valence-electron chi connectivity index (χ3n) is 3.17. The fraction of sp³-hybridized carbons (Fsp3) is 0.400. The lowest BCUT2D eigenvalue weighted by atomic mass is 10.2. The lowest BCUT2D eigenvalue weighted by Gasteiger charge is -2.26. The number of alkyl halides is 1. The minimum Gasteiger partial charge on any atom is -0.443 e. The number of hydrogen-bond donors (Lipinski definition) is 2. The number of ether oxygens (including phenoxy) is 1. The van der Waals surface area contributed by atoms with Crippen molar-refractivity contribution >= 4 is 61.1 Å². The average molecular weight is 500 g/mol. The van der Waals surface area contributed by atoms with E-state index in [1.807, 2.05) is 6.07 Å². The number of halogens is 1. The zero-order chi connectivity index (χ0) is 20.6. The number of rotatable bonds is 5. The molecule has 0 saturated carbocycles. The quantitative estimate of drug-likeness (QED) is 0.473. The van der Waals surface area contributed by atoms with Crippen molar-refractivity contribution in [2.45, 2.75) is 35.9 Å². The Labute approximate surface area is 169 Å². The van der Waals surface area contributed by atoms with Crippen LogP contribution < -0.4 is 0 Å². The molecule has 150 valence electrons. The molecule has 2 rings (SSSR count). The van der Waals surface area contributed by atoms with Crippen LogP contribution in [0.4, 0.5) is 4.79 Å². The summed E-state index contributed by atoms with van der Waals surface area (Å²) >= 11 is 4.23. The Bertz CT molecular complexity index is 1010. The second-order valence-corrected chi connectivity index (χ2v) is 12.1. The van der Waals surface area contributed by atoms with Gasteiger partial charge >= 0.3 is 13.7 Å². The van der Waals surface area contributed by atoms with Gasteiger partial charge in [-0.2, -0.15) is 12.7 Å². The first-order chi connectivity index (χ1) is 12.2. The van der Waals surface area contributed by atoms with E-state index in [0.717, 1.165) is 16.9 Å². The van der Waals surface area contributed by atoms with Crippen LogP contribution in [0.3, 0.4) is 0 Å². The zero-order valence-electron chi connectivity index (χ0n) is 14.7. The van der Waals surface area contributed by atoms with E-state index in [2.05, 4.69) is 15.9 Å². The van der Waals surface area contributed by atoms with Crippen LogP contribution in [0.1, 0.15) is 26.3 Å². The van der Waals surface area contributed by atoms with Gasteiger partial charge in [0, 0.05) is 10.0 Å². The van der Waals surface area contributed by atoms with Gasteiger partial charge in [0.05, 0.1) is 0 Å². The van der Waals surface area contributed by atoms with Crippen molar-refractivity contribution in [2.75, 3.05) is 6.29 Å². The average Bonchev–Trinajstić information content (AvgIpc) is 2.93. The minimum absolute atomic E-state index is 0.0924. The van der Waals surface area contributed by atoms with Crippen LogP contribution in [-0.4, -0.2) is 40.5 Å². The summed E-state index contributed by atoms with van der Waals surface area (Å²) in [5, 5.41) is 1.24. The van der Waals surface area contributed by atoms with E-state index in [-0.39, 0.29) is 8.51 Å². The Balaban J connectivity index is 2.52. The van der Waals surface area contributed by atoms with Gasteiger partial charge in [-0.1, -0.05) is 22.0 Å². The molecule has 0 aliphatic rings. The Morgan fingerprint density at radius 2 is 1.93 bits per heavy atom. The van der Waals surface area contributed by atoms with Gasteiger partial charge in [0.25, 0.3) is 10.0 Å². The van der Waals surface area contributed by atoms with Gasteiger partial charge in [0.15, 0.2) is 0 Å². The van der Waals surface area contributed by atoms with E-state index in [9.17, 15) is 27.6 Å². The van der Waals surface area contributed by atoms with E-state index in [1.54, 1.807) is 12.1 Å². The fourth-order valence-corrected chi connectivity index (χ4v) is 6.42. The van der Waals surface area contributed by atoms with Gasteiger partial charge in [0.1, 0.15) is 16.1 Å². The molecule has 0 atom stereocenters. The van der Waals surface area contributed by atoms with Gasteiger partial charge in [-0.25, -0.2) is 4.79 Å². The molecule has 2 N–H and O–H groups in total. The summed E-state index contributed by atoms with van der Waals surface area (Å²) in [7, 11) is -9.37. The first-order valence-corrected chi connectivity index (χ1v) is 12.8. The van der Waals surface area contributed by atoms with E-state index in [0.29, 0.717) is 15.4 Å². The number of thiophene rings is 1. The molecular weight excluding hydrogens is 481 g/mol. The van der Waals surface area contributed by atoms with Crippen LogP contribution in [0.5, 0.6) is 0 Å². The maximum Gasteiger partial charge on any atom is 0.424 e. The van der Waals surface area contributed by atoms with Crippen molar-refractivity contribution in [3.05, 3.63) is 29.8 Å². The molecule has 0 radical (unpaired) electrons. The van der Waals surface area contributed by atoms with E-state index in [4.69, 9.17) is 4.74 Å². The smallest absolute Gasteiger partial charge is 0.424 e. The standard InChI is InChI=1S/C15H19BrNO7PS2/c1-15(2,3)24-14(18)17(9-25(19,20)21)27(22,23)13-7-11-6-10(8-16)4-5-12(11)26-13/h4-7H,8-9H2,1-3H3,(H2,19,20,21). The summed E-state index contributed by atoms with van der Waals surface area (Å²) in [5.74, 6) is 0. The Morgan fingerprint density at radius 3 is 2.44 bits per heavy atom. The summed E-state index contributed by atoms with van der Waals surface area (Å²) in [5.41, 5.74) is -0.103. The molecule has 0 saturated heterocycles. The van der Waals surface area contributed by atoms with E-state index in [1.165, 1.54) is 26.8 Å². The number of amides is 1. The van der Waals surface area contributed by atoms with E-state index < -0.39 is 35.6 Å². The molecule has 27 heavy (non-hydrogen) atoms. The summed E-state index contributed by atoms with van der Waals surface area (Å²) in [4.78, 5) is 30.8. The topological polar surface area (TPSA) is 121 Å². The molecule has 1 amide bonds. The highest BCUT2D eigenvalue weighted by Crippen LogP contribution is 2.39. The molecule has 8 nitrogen and oxygen atoms in total. The predicted molar refractivity (Wildman–Crippen MR) is 107 cm³/mol. The lowest BCUT2D eigenvalue weighted by molar-refractivity contribution is 0.0404. The summed E-state index contributed by atoms with van der Waals surface area (Å²) < 4.78 is 42.9. The second-order valence-electron chi connectivity index (χ2n) is 6.71. The highest BCUT2D eigenvalue weighted by molar-refractivity contribution is 9.08. The number of fused-ring (bicyclic) bond motifs is 1. The zero-order valence-corrected chi connectivity index (χ0v) is 18.9. The predicted octanol–water partition coefficient (Wildman–Crippen LogP) is 3.86. The number of carbonyl (C=O) groups excluding carboxylic acids is 1. The molecule has 1 aromatic heterocycles. The summed E-state index contributed by atoms with van der Waals surface area (Å²) in [6.07, 6.45) is -2.64. The Kier molecular flexibility index (Phi) is 6.45. The summed E-state index contributed by atoms with van der Waals surface area (Å²) in [6.45, 7) is 4.57. The van der Waals surface area contributed by atoms with Crippen molar-refractivity contribution in [2.24, 2.45) is 0 Å². The highest BCUT2D eigenvalue weighted by Gasteiger charge is 2.38. The van der Waals surface area contributed by atoms with Crippen molar-refractivity contribution in [1.82, 2.24) is 4.31 Å². The lowest BCUT2D eigenvalue weighted by Crippen LogP contribution is -2.41. The van der Waals surface area contributed by atoms with Crippen LogP contribution in [0, 0.1) is 0 Å². The number of nitrogens with zero attached hydrogens (tertiary/aromatic N) is 1. The molecule has 0 unspecified atom stereocenters. The van der Waals surface area contributed by atoms with Crippen LogP contribution >= 0.6 is 34.9 Å². The van der Waals surface area contributed by atoms with Crippen molar-refractivity contribution < 1.29 is 32.3 Å². The maximum atomic E-state index is 12.9. The monoisotopic (exact) mass is 499 g/mol. The second kappa shape index (κ2) is 7.81. The van der Waals surface area contributed by atoms with Crippen molar-refractivity contribution in [3.8, 4) is 0 Å². The minimum atomic E-state index is -4.86. The fourth-order valence-electron chi connectivity index (χ4n) is 2.10. The third kappa shape index (κ3) is 5.75. The first kappa shape index (κ1) is 22.3. The van der Waals surface area contributed by atoms with E-state index >= 15 is 0 Å². The Hall–Kier alpha value is -0.970. The molecule has 1 aromatic carbocycles. The third-order valence-corrected chi connectivity index (χ3v) is 7.93.